The number of aliphatic hydroxyl groups excluding tert-OH is 2. The summed E-state index contributed by atoms with van der Waals surface area (Å²) in [5, 5.41) is 59.6. The summed E-state index contributed by atoms with van der Waals surface area (Å²) in [5.74, 6) is -2.40. The number of rotatable bonds is 7. The third-order valence-corrected chi connectivity index (χ3v) is 9.32. The summed E-state index contributed by atoms with van der Waals surface area (Å²) in [5.41, 5.74) is -1.59. The van der Waals surface area contributed by atoms with E-state index in [1.54, 1.807) is 13.0 Å². The van der Waals surface area contributed by atoms with Gasteiger partial charge in [-0.1, -0.05) is 42.5 Å². The van der Waals surface area contributed by atoms with E-state index in [9.17, 15) is 35.1 Å². The Hall–Kier alpha value is -3.84. The second-order valence-electron chi connectivity index (χ2n) is 12.1. The number of phenols is 2. The van der Waals surface area contributed by atoms with Crippen LogP contribution in [0.15, 0.2) is 48.5 Å². The van der Waals surface area contributed by atoms with Crippen molar-refractivity contribution in [1.29, 1.82) is 0 Å². The van der Waals surface area contributed by atoms with Crippen molar-refractivity contribution in [1.82, 2.24) is 5.32 Å². The van der Waals surface area contributed by atoms with Crippen molar-refractivity contribution in [3.63, 3.8) is 0 Å². The van der Waals surface area contributed by atoms with E-state index >= 15 is 0 Å². The Morgan fingerprint density at radius 3 is 2.42 bits per heavy atom. The van der Waals surface area contributed by atoms with Crippen LogP contribution in [0.1, 0.15) is 81.3 Å². The summed E-state index contributed by atoms with van der Waals surface area (Å²) in [7, 11) is 1.36. The molecule has 45 heavy (non-hydrogen) atoms. The Labute approximate surface area is 260 Å². The summed E-state index contributed by atoms with van der Waals surface area (Å²) in [6.45, 7) is 3.58. The van der Waals surface area contributed by atoms with Crippen molar-refractivity contribution in [2.45, 2.75) is 82.0 Å². The first-order valence-electron chi connectivity index (χ1n) is 15.0. The van der Waals surface area contributed by atoms with Gasteiger partial charge in [-0.15, -0.1) is 0 Å². The standard InChI is InChI=1S/C34H37NO10/c1-16-29(37)21(35-15-18-8-5-4-6-9-18)12-24(44-16)45-23-14-34(42,17(2)36)13-20-26(23)33(41)28-27(31(20)39)30(38)19-10-7-11-22(43-3)25(19)32(28)40/h4-11,16-17,21,23-24,29,35-37,39,41-42H,12-15H2,1-3H3/t16-,17?,21-,23-,24-,29+,34-/m0/s1. The molecule has 0 bridgehead atoms. The average Bonchev–Trinajstić information content (AvgIpc) is 3.02. The molecule has 0 amide bonds. The highest BCUT2D eigenvalue weighted by molar-refractivity contribution is 6.31. The summed E-state index contributed by atoms with van der Waals surface area (Å²) < 4.78 is 17.7. The first-order valence-corrected chi connectivity index (χ1v) is 15.0. The third kappa shape index (κ3) is 5.29. The highest BCUT2D eigenvalue weighted by atomic mass is 16.7. The van der Waals surface area contributed by atoms with Crippen LogP contribution in [0.25, 0.3) is 0 Å². The van der Waals surface area contributed by atoms with Gasteiger partial charge in [-0.3, -0.25) is 9.59 Å². The van der Waals surface area contributed by atoms with E-state index in [1.807, 2.05) is 30.3 Å². The predicted molar refractivity (Wildman–Crippen MR) is 160 cm³/mol. The van der Waals surface area contributed by atoms with Crippen molar-refractivity contribution in [3.05, 3.63) is 87.5 Å². The Balaban J connectivity index is 1.39. The van der Waals surface area contributed by atoms with Crippen molar-refractivity contribution >= 4 is 11.6 Å². The smallest absolute Gasteiger partial charge is 0.202 e. The largest absolute Gasteiger partial charge is 0.507 e. The van der Waals surface area contributed by atoms with Gasteiger partial charge in [0.15, 0.2) is 12.1 Å². The van der Waals surface area contributed by atoms with Crippen LogP contribution in [0, 0.1) is 0 Å². The van der Waals surface area contributed by atoms with Crippen LogP contribution in [0.3, 0.4) is 0 Å². The average molecular weight is 620 g/mol. The number of phenolic OH excluding ortho intramolecular Hbond substituents is 2. The molecule has 0 aromatic heterocycles. The van der Waals surface area contributed by atoms with Gasteiger partial charge in [0.05, 0.1) is 53.8 Å². The molecule has 0 saturated carbocycles. The molecule has 7 atom stereocenters. The number of ketones is 2. The van der Waals surface area contributed by atoms with E-state index in [-0.39, 0.29) is 58.4 Å². The van der Waals surface area contributed by atoms with E-state index in [1.165, 1.54) is 26.2 Å². The Morgan fingerprint density at radius 1 is 1.02 bits per heavy atom. The lowest BCUT2D eigenvalue weighted by atomic mass is 9.71. The number of ether oxygens (including phenoxy) is 3. The minimum absolute atomic E-state index is 0.00749. The van der Waals surface area contributed by atoms with Crippen LogP contribution in [0.4, 0.5) is 0 Å². The summed E-state index contributed by atoms with van der Waals surface area (Å²) in [6, 6.07) is 13.7. The lowest BCUT2D eigenvalue weighted by Gasteiger charge is -2.44. The fourth-order valence-electron chi connectivity index (χ4n) is 6.75. The number of hydrogen-bond donors (Lipinski definition) is 6. The van der Waals surface area contributed by atoms with Gasteiger partial charge in [0.1, 0.15) is 17.2 Å². The van der Waals surface area contributed by atoms with Crippen molar-refractivity contribution in [3.8, 4) is 17.2 Å². The first kappa shape index (κ1) is 31.2. The molecule has 3 aliphatic rings. The summed E-state index contributed by atoms with van der Waals surface area (Å²) in [6.07, 6.45) is -5.25. The number of hydrogen-bond acceptors (Lipinski definition) is 11. The zero-order valence-electron chi connectivity index (χ0n) is 25.2. The van der Waals surface area contributed by atoms with E-state index in [2.05, 4.69) is 5.32 Å². The monoisotopic (exact) mass is 619 g/mol. The molecule has 6 N–H and O–H groups in total. The molecule has 3 aromatic rings. The fourth-order valence-corrected chi connectivity index (χ4v) is 6.75. The van der Waals surface area contributed by atoms with Gasteiger partial charge >= 0.3 is 0 Å². The second-order valence-corrected chi connectivity index (χ2v) is 12.1. The number of carbonyl (C=O) groups is 2. The number of methoxy groups -OCH3 is 1. The molecule has 1 fully saturated rings. The zero-order valence-corrected chi connectivity index (χ0v) is 25.2. The molecule has 1 saturated heterocycles. The Bertz CT molecular complexity index is 1640. The molecule has 2 aliphatic carbocycles. The normalized spacial score (nSPS) is 28.2. The molecule has 3 aromatic carbocycles. The lowest BCUT2D eigenvalue weighted by molar-refractivity contribution is -0.253. The van der Waals surface area contributed by atoms with E-state index in [0.29, 0.717) is 6.54 Å². The van der Waals surface area contributed by atoms with Gasteiger partial charge in [-0.25, -0.2) is 0 Å². The maximum absolute atomic E-state index is 13.8. The van der Waals surface area contributed by atoms with Gasteiger partial charge in [0, 0.05) is 48.5 Å². The Morgan fingerprint density at radius 2 is 1.73 bits per heavy atom. The van der Waals surface area contributed by atoms with E-state index in [0.717, 1.165) is 5.56 Å². The first-order chi connectivity index (χ1) is 21.4. The molecule has 11 heteroatoms. The van der Waals surface area contributed by atoms with Crippen LogP contribution in [0.2, 0.25) is 0 Å². The molecule has 11 nitrogen and oxygen atoms in total. The molecule has 0 spiro atoms. The van der Waals surface area contributed by atoms with Gasteiger partial charge in [-0.05, 0) is 25.5 Å². The van der Waals surface area contributed by atoms with E-state index < -0.39 is 65.4 Å². The second kappa shape index (κ2) is 11.8. The lowest BCUT2D eigenvalue weighted by Crippen LogP contribution is -2.54. The van der Waals surface area contributed by atoms with Gasteiger partial charge in [-0.2, -0.15) is 0 Å². The minimum atomic E-state index is -1.82. The molecule has 0 radical (unpaired) electrons. The van der Waals surface area contributed by atoms with Crippen LogP contribution < -0.4 is 10.1 Å². The highest BCUT2D eigenvalue weighted by Crippen LogP contribution is 2.53. The van der Waals surface area contributed by atoms with Gasteiger partial charge < -0.3 is 45.1 Å². The van der Waals surface area contributed by atoms with E-state index in [4.69, 9.17) is 14.2 Å². The number of aromatic hydroxyl groups is 2. The van der Waals surface area contributed by atoms with Crippen LogP contribution in [0.5, 0.6) is 17.2 Å². The number of benzene rings is 3. The van der Waals surface area contributed by atoms with Crippen molar-refractivity contribution < 1.29 is 49.3 Å². The number of aliphatic hydroxyl groups is 3. The highest BCUT2D eigenvalue weighted by Gasteiger charge is 2.49. The SMILES string of the molecule is COc1cccc2c1C(=O)c1c(O)c3c(c(O)c1C2=O)C[C@@](O)(C(C)O)C[C@@H]3O[C@H]1C[C@H](NCc2ccccc2)[C@H](O)[C@H](C)O1. The predicted octanol–water partition coefficient (Wildman–Crippen LogP) is 2.65. The van der Waals surface area contributed by atoms with Crippen LogP contribution in [-0.4, -0.2) is 80.5 Å². The molecule has 1 aliphatic heterocycles. The number of nitrogens with one attached hydrogen (secondary N) is 1. The number of carbonyl (C=O) groups excluding carboxylic acids is 2. The van der Waals surface area contributed by atoms with Crippen LogP contribution in [-0.2, 0) is 22.4 Å². The van der Waals surface area contributed by atoms with Crippen molar-refractivity contribution in [2.75, 3.05) is 7.11 Å². The molecular weight excluding hydrogens is 582 g/mol. The molecule has 6 rings (SSSR count). The molecule has 1 heterocycles. The Kier molecular flexibility index (Phi) is 8.19. The molecule has 1 unspecified atom stereocenters. The maximum atomic E-state index is 13.8. The van der Waals surface area contributed by atoms with Crippen molar-refractivity contribution in [2.24, 2.45) is 0 Å². The minimum Gasteiger partial charge on any atom is -0.507 e. The summed E-state index contributed by atoms with van der Waals surface area (Å²) >= 11 is 0. The number of fused-ring (bicyclic) bond motifs is 3. The fraction of sp³-hybridized carbons (Fsp3) is 0.412. The molecular formula is C34H37NO10. The van der Waals surface area contributed by atoms with Gasteiger partial charge in [0.2, 0.25) is 5.78 Å². The molecule has 238 valence electrons. The zero-order chi connectivity index (χ0) is 32.2. The summed E-state index contributed by atoms with van der Waals surface area (Å²) in [4.78, 5) is 27.5. The maximum Gasteiger partial charge on any atom is 0.202 e. The third-order valence-electron chi connectivity index (χ3n) is 9.32. The van der Waals surface area contributed by atoms with Crippen LogP contribution >= 0.6 is 0 Å². The van der Waals surface area contributed by atoms with Gasteiger partial charge in [0.25, 0.3) is 0 Å². The quantitative estimate of drug-likeness (QED) is 0.168. The topological polar surface area (TPSA) is 175 Å².